The Kier molecular flexibility index (Phi) is 4.54. The van der Waals surface area contributed by atoms with Crippen molar-refractivity contribution in [2.45, 2.75) is 19.9 Å². The molecule has 64 valence electrons. The van der Waals surface area contributed by atoms with Crippen LogP contribution in [0.1, 0.15) is 13.8 Å². The number of rotatable bonds is 3. The predicted octanol–water partition coefficient (Wildman–Crippen LogP) is 0.699. The number of hydrogen-bond acceptors (Lipinski definition) is 3. The van der Waals surface area contributed by atoms with Crippen molar-refractivity contribution in [2.24, 2.45) is 11.7 Å². The van der Waals surface area contributed by atoms with Crippen LogP contribution in [0.2, 0.25) is 0 Å². The zero-order valence-electron chi connectivity index (χ0n) is 7.20. The lowest BCUT2D eigenvalue weighted by Crippen LogP contribution is -2.14. The Morgan fingerprint density at radius 2 is 2.00 bits per heavy atom. The summed E-state index contributed by atoms with van der Waals surface area (Å²) in [6, 6.07) is -0.0119. The van der Waals surface area contributed by atoms with Crippen molar-refractivity contribution in [1.82, 2.24) is 0 Å². The van der Waals surface area contributed by atoms with Crippen LogP contribution >= 0.6 is 0 Å². The smallest absolute Gasteiger partial charge is 0.312 e. The maximum Gasteiger partial charge on any atom is 0.312 e. The molecule has 0 bridgehead atoms. The summed E-state index contributed by atoms with van der Waals surface area (Å²) in [5, 5.41) is 0. The molecule has 0 aliphatic heterocycles. The summed E-state index contributed by atoms with van der Waals surface area (Å²) in [5.74, 6) is -0.437. The monoisotopic (exact) mass is 157 g/mol. The van der Waals surface area contributed by atoms with E-state index in [1.807, 2.05) is 6.92 Å². The van der Waals surface area contributed by atoms with Crippen LogP contribution in [0.25, 0.3) is 0 Å². The number of carbonyl (C=O) groups excluding carboxylic acids is 1. The van der Waals surface area contributed by atoms with E-state index in [0.717, 1.165) is 0 Å². The lowest BCUT2D eigenvalue weighted by molar-refractivity contribution is -0.143. The molecule has 0 aromatic carbocycles. The predicted molar refractivity (Wildman–Crippen MR) is 44.0 cm³/mol. The molecule has 3 heteroatoms. The van der Waals surface area contributed by atoms with Crippen LogP contribution in [-0.4, -0.2) is 19.1 Å². The topological polar surface area (TPSA) is 52.3 Å². The van der Waals surface area contributed by atoms with Crippen molar-refractivity contribution in [1.29, 1.82) is 0 Å². The van der Waals surface area contributed by atoms with Gasteiger partial charge < -0.3 is 10.5 Å². The Labute approximate surface area is 67.2 Å². The molecule has 0 amide bonds. The first-order valence-electron chi connectivity index (χ1n) is 3.59. The summed E-state index contributed by atoms with van der Waals surface area (Å²) in [6.07, 6.45) is 3.53. The SMILES string of the molecule is COC(=O)[C@@H](C)/C=C/[C@@H](C)N. The number of carbonyl (C=O) groups is 1. The Balaban J connectivity index is 3.86. The molecule has 0 unspecified atom stereocenters. The van der Waals surface area contributed by atoms with Gasteiger partial charge in [0.05, 0.1) is 13.0 Å². The van der Waals surface area contributed by atoms with Crippen LogP contribution in [0.3, 0.4) is 0 Å². The standard InChI is InChI=1S/C8H15NO2/c1-6(8(10)11-3)4-5-7(2)9/h4-7H,9H2,1-3H3/b5-4+/t6-,7+/m0/s1. The van der Waals surface area contributed by atoms with Gasteiger partial charge in [-0.15, -0.1) is 0 Å². The number of nitrogens with two attached hydrogens (primary N) is 1. The average Bonchev–Trinajstić information content (AvgIpc) is 1.98. The molecule has 0 aromatic heterocycles. The Hall–Kier alpha value is -0.830. The molecular formula is C8H15NO2. The molecule has 11 heavy (non-hydrogen) atoms. The number of methoxy groups -OCH3 is 1. The second kappa shape index (κ2) is 4.91. The minimum Gasteiger partial charge on any atom is -0.469 e. The van der Waals surface area contributed by atoms with Gasteiger partial charge in [-0.25, -0.2) is 0 Å². The first kappa shape index (κ1) is 10.2. The fourth-order valence-corrected chi connectivity index (χ4v) is 0.606. The first-order chi connectivity index (χ1) is 5.07. The van der Waals surface area contributed by atoms with Gasteiger partial charge in [0.2, 0.25) is 0 Å². The molecule has 0 heterocycles. The van der Waals surface area contributed by atoms with Crippen LogP contribution in [-0.2, 0) is 9.53 Å². The van der Waals surface area contributed by atoms with Crippen LogP contribution in [0, 0.1) is 5.92 Å². The molecule has 2 N–H and O–H groups in total. The van der Waals surface area contributed by atoms with Gasteiger partial charge in [0, 0.05) is 6.04 Å². The number of esters is 1. The molecule has 0 saturated carbocycles. The lowest BCUT2D eigenvalue weighted by atomic mass is 10.1. The van der Waals surface area contributed by atoms with Gasteiger partial charge >= 0.3 is 5.97 Å². The van der Waals surface area contributed by atoms with Gasteiger partial charge in [-0.1, -0.05) is 12.2 Å². The van der Waals surface area contributed by atoms with Gasteiger partial charge in [-0.3, -0.25) is 4.79 Å². The van der Waals surface area contributed by atoms with Gasteiger partial charge in [0.25, 0.3) is 0 Å². The third-order valence-electron chi connectivity index (χ3n) is 1.28. The molecule has 0 fully saturated rings. The van der Waals surface area contributed by atoms with Crippen molar-refractivity contribution in [3.63, 3.8) is 0 Å². The molecule has 0 aliphatic rings. The molecule has 0 rings (SSSR count). The third-order valence-corrected chi connectivity index (χ3v) is 1.28. The molecule has 0 spiro atoms. The van der Waals surface area contributed by atoms with Crippen LogP contribution in [0.15, 0.2) is 12.2 Å². The normalized spacial score (nSPS) is 16.4. The molecule has 2 atom stereocenters. The van der Waals surface area contributed by atoms with Crippen molar-refractivity contribution in [3.05, 3.63) is 12.2 Å². The highest BCUT2D eigenvalue weighted by Crippen LogP contribution is 1.99. The van der Waals surface area contributed by atoms with E-state index in [1.54, 1.807) is 19.1 Å². The maximum absolute atomic E-state index is 10.8. The quantitative estimate of drug-likeness (QED) is 0.484. The van der Waals surface area contributed by atoms with E-state index in [1.165, 1.54) is 7.11 Å². The van der Waals surface area contributed by atoms with E-state index in [-0.39, 0.29) is 17.9 Å². The Bertz CT molecular complexity index is 152. The molecule has 0 radical (unpaired) electrons. The Morgan fingerprint density at radius 3 is 2.36 bits per heavy atom. The van der Waals surface area contributed by atoms with Crippen molar-refractivity contribution in [3.8, 4) is 0 Å². The highest BCUT2D eigenvalue weighted by atomic mass is 16.5. The summed E-state index contributed by atoms with van der Waals surface area (Å²) in [4.78, 5) is 10.8. The summed E-state index contributed by atoms with van der Waals surface area (Å²) >= 11 is 0. The van der Waals surface area contributed by atoms with E-state index in [0.29, 0.717) is 0 Å². The zero-order chi connectivity index (χ0) is 8.85. The Morgan fingerprint density at radius 1 is 1.45 bits per heavy atom. The third kappa shape index (κ3) is 4.56. The largest absolute Gasteiger partial charge is 0.469 e. The lowest BCUT2D eigenvalue weighted by Gasteiger charge is -2.03. The van der Waals surface area contributed by atoms with E-state index < -0.39 is 0 Å². The second-order valence-corrected chi connectivity index (χ2v) is 2.56. The van der Waals surface area contributed by atoms with Gasteiger partial charge in [0.1, 0.15) is 0 Å². The second-order valence-electron chi connectivity index (χ2n) is 2.56. The fourth-order valence-electron chi connectivity index (χ4n) is 0.606. The molecule has 0 aliphatic carbocycles. The first-order valence-corrected chi connectivity index (χ1v) is 3.59. The molecular weight excluding hydrogens is 142 g/mol. The summed E-state index contributed by atoms with van der Waals surface area (Å²) in [5.41, 5.74) is 5.44. The molecule has 3 nitrogen and oxygen atoms in total. The van der Waals surface area contributed by atoms with Crippen LogP contribution in [0.4, 0.5) is 0 Å². The van der Waals surface area contributed by atoms with Gasteiger partial charge in [-0.2, -0.15) is 0 Å². The van der Waals surface area contributed by atoms with Crippen molar-refractivity contribution < 1.29 is 9.53 Å². The average molecular weight is 157 g/mol. The van der Waals surface area contributed by atoms with Crippen LogP contribution < -0.4 is 5.73 Å². The zero-order valence-corrected chi connectivity index (χ0v) is 7.20. The molecule has 0 aromatic rings. The fraction of sp³-hybridized carbons (Fsp3) is 0.625. The van der Waals surface area contributed by atoms with E-state index in [2.05, 4.69) is 4.74 Å². The number of ether oxygens (including phenoxy) is 1. The minimum atomic E-state index is -0.234. The van der Waals surface area contributed by atoms with Crippen molar-refractivity contribution in [2.75, 3.05) is 7.11 Å². The van der Waals surface area contributed by atoms with Gasteiger partial charge in [0.15, 0.2) is 0 Å². The summed E-state index contributed by atoms with van der Waals surface area (Å²) in [6.45, 7) is 3.62. The minimum absolute atomic E-state index is 0.0119. The van der Waals surface area contributed by atoms with Crippen molar-refractivity contribution >= 4 is 5.97 Å². The highest BCUT2D eigenvalue weighted by Gasteiger charge is 2.07. The molecule has 0 saturated heterocycles. The highest BCUT2D eigenvalue weighted by molar-refractivity contribution is 5.73. The van der Waals surface area contributed by atoms with E-state index in [9.17, 15) is 4.79 Å². The van der Waals surface area contributed by atoms with E-state index in [4.69, 9.17) is 5.73 Å². The van der Waals surface area contributed by atoms with Gasteiger partial charge in [-0.05, 0) is 13.8 Å². The van der Waals surface area contributed by atoms with Crippen LogP contribution in [0.5, 0.6) is 0 Å². The number of hydrogen-bond donors (Lipinski definition) is 1. The maximum atomic E-state index is 10.8. The summed E-state index contributed by atoms with van der Waals surface area (Å²) < 4.78 is 4.51. The summed E-state index contributed by atoms with van der Waals surface area (Å²) in [7, 11) is 1.37. The van der Waals surface area contributed by atoms with E-state index >= 15 is 0 Å².